The highest BCUT2D eigenvalue weighted by atomic mass is 16.5. The highest BCUT2D eigenvalue weighted by molar-refractivity contribution is 6.05. The van der Waals surface area contributed by atoms with E-state index in [4.69, 9.17) is 9.47 Å². The van der Waals surface area contributed by atoms with Gasteiger partial charge in [-0.05, 0) is 39.3 Å². The van der Waals surface area contributed by atoms with E-state index in [1.165, 1.54) is 39.3 Å². The number of hydrogen-bond acceptors (Lipinski definition) is 6. The van der Waals surface area contributed by atoms with Crippen LogP contribution < -0.4 is 4.74 Å². The largest absolute Gasteiger partial charge is 0.481 e. The van der Waals surface area contributed by atoms with Crippen LogP contribution in [0.5, 0.6) is 5.88 Å². The van der Waals surface area contributed by atoms with Crippen LogP contribution in [0.3, 0.4) is 0 Å². The summed E-state index contributed by atoms with van der Waals surface area (Å²) in [5, 5.41) is 0. The number of H-pyrrole nitrogens is 1. The molecule has 0 bridgehead atoms. The van der Waals surface area contributed by atoms with Gasteiger partial charge >= 0.3 is 5.97 Å². The average Bonchev–Trinajstić information content (AvgIpc) is 2.88. The third kappa shape index (κ3) is 3.76. The lowest BCUT2D eigenvalue weighted by atomic mass is 10.0. The molecule has 0 fully saturated rings. The van der Waals surface area contributed by atoms with Gasteiger partial charge in [-0.3, -0.25) is 9.59 Å². The molecule has 0 saturated carbocycles. The standard InChI is InChI=1S/C18H20N2O5/c1-9-15(11(3)21)10(2)20-16(9)17(22)12(4)25-18(23)13-6-7-14(24-5)19-8-13/h6-8,12,20H,1-5H3/t12-/m0/s1. The molecule has 1 N–H and O–H groups in total. The molecule has 0 unspecified atom stereocenters. The van der Waals surface area contributed by atoms with Crippen LogP contribution in [0, 0.1) is 13.8 Å². The van der Waals surface area contributed by atoms with Gasteiger partial charge in [0.25, 0.3) is 0 Å². The number of nitrogens with zero attached hydrogens (tertiary/aromatic N) is 1. The molecule has 0 aliphatic rings. The van der Waals surface area contributed by atoms with Crippen LogP contribution in [0.15, 0.2) is 18.3 Å². The second kappa shape index (κ2) is 7.29. The van der Waals surface area contributed by atoms with Gasteiger partial charge in [-0.25, -0.2) is 9.78 Å². The number of carbonyl (C=O) groups excluding carboxylic acids is 3. The minimum atomic E-state index is -1.01. The Morgan fingerprint density at radius 2 is 1.88 bits per heavy atom. The number of pyridine rings is 1. The molecule has 0 aliphatic carbocycles. The van der Waals surface area contributed by atoms with E-state index in [1.54, 1.807) is 13.8 Å². The van der Waals surface area contributed by atoms with Crippen LogP contribution in [-0.2, 0) is 4.74 Å². The quantitative estimate of drug-likeness (QED) is 0.639. The summed E-state index contributed by atoms with van der Waals surface area (Å²) >= 11 is 0. The Morgan fingerprint density at radius 1 is 1.20 bits per heavy atom. The molecular formula is C18H20N2O5. The lowest BCUT2D eigenvalue weighted by Gasteiger charge is -2.12. The summed E-state index contributed by atoms with van der Waals surface area (Å²) in [5.41, 5.74) is 2.15. The van der Waals surface area contributed by atoms with Crippen molar-refractivity contribution in [3.05, 3.63) is 46.4 Å². The van der Waals surface area contributed by atoms with Gasteiger partial charge in [0, 0.05) is 23.5 Å². The number of Topliss-reactive ketones (excluding diaryl/α,β-unsaturated/α-hetero) is 2. The van der Waals surface area contributed by atoms with Gasteiger partial charge in [0.15, 0.2) is 11.9 Å². The van der Waals surface area contributed by atoms with Crippen LogP contribution in [0.2, 0.25) is 0 Å². The molecular weight excluding hydrogens is 324 g/mol. The van der Waals surface area contributed by atoms with Gasteiger partial charge in [-0.1, -0.05) is 0 Å². The molecule has 0 amide bonds. The first-order valence-corrected chi connectivity index (χ1v) is 7.71. The maximum absolute atomic E-state index is 12.6. The number of hydrogen-bond donors (Lipinski definition) is 1. The maximum Gasteiger partial charge on any atom is 0.340 e. The van der Waals surface area contributed by atoms with Gasteiger partial charge < -0.3 is 14.5 Å². The zero-order valence-corrected chi connectivity index (χ0v) is 14.8. The number of aryl methyl sites for hydroxylation is 1. The molecule has 0 aromatic carbocycles. The summed E-state index contributed by atoms with van der Waals surface area (Å²) in [5.74, 6) is -0.819. The Balaban J connectivity index is 2.16. The van der Waals surface area contributed by atoms with E-state index < -0.39 is 17.9 Å². The summed E-state index contributed by atoms with van der Waals surface area (Å²) in [7, 11) is 1.47. The smallest absolute Gasteiger partial charge is 0.340 e. The van der Waals surface area contributed by atoms with Crippen molar-refractivity contribution in [3.63, 3.8) is 0 Å². The molecule has 0 spiro atoms. The first-order chi connectivity index (χ1) is 11.8. The fraction of sp³-hybridized carbons (Fsp3) is 0.333. The molecule has 2 rings (SSSR count). The zero-order chi connectivity index (χ0) is 18.7. The SMILES string of the molecule is COc1ccc(C(=O)O[C@@H](C)C(=O)c2[nH]c(C)c(C(C)=O)c2C)cn1. The normalized spacial score (nSPS) is 11.7. The highest BCUT2D eigenvalue weighted by Gasteiger charge is 2.26. The monoisotopic (exact) mass is 344 g/mol. The Bertz CT molecular complexity index is 821. The minimum Gasteiger partial charge on any atom is -0.481 e. The number of ketones is 2. The third-order valence-corrected chi connectivity index (χ3v) is 3.87. The zero-order valence-electron chi connectivity index (χ0n) is 14.8. The van der Waals surface area contributed by atoms with Gasteiger partial charge in [0.05, 0.1) is 18.4 Å². The molecule has 2 aromatic heterocycles. The van der Waals surface area contributed by atoms with Gasteiger partial charge in [0.1, 0.15) is 0 Å². The number of aromatic nitrogens is 2. The van der Waals surface area contributed by atoms with Crippen molar-refractivity contribution < 1.29 is 23.9 Å². The van der Waals surface area contributed by atoms with Crippen molar-refractivity contribution in [1.82, 2.24) is 9.97 Å². The Labute approximate surface area is 145 Å². The van der Waals surface area contributed by atoms with Crippen molar-refractivity contribution in [1.29, 1.82) is 0 Å². The van der Waals surface area contributed by atoms with E-state index in [0.29, 0.717) is 22.7 Å². The fourth-order valence-electron chi connectivity index (χ4n) is 2.63. The van der Waals surface area contributed by atoms with Crippen molar-refractivity contribution in [2.75, 3.05) is 7.11 Å². The predicted molar refractivity (Wildman–Crippen MR) is 90.3 cm³/mol. The first kappa shape index (κ1) is 18.4. The summed E-state index contributed by atoms with van der Waals surface area (Å²) in [6.45, 7) is 6.34. The average molecular weight is 344 g/mol. The lowest BCUT2D eigenvalue weighted by molar-refractivity contribution is 0.0316. The predicted octanol–water partition coefficient (Wildman–Crippen LogP) is 2.67. The molecule has 25 heavy (non-hydrogen) atoms. The van der Waals surface area contributed by atoms with E-state index in [9.17, 15) is 14.4 Å². The minimum absolute atomic E-state index is 0.126. The molecule has 0 radical (unpaired) electrons. The number of rotatable bonds is 6. The van der Waals surface area contributed by atoms with Crippen molar-refractivity contribution in [2.45, 2.75) is 33.8 Å². The lowest BCUT2D eigenvalue weighted by Crippen LogP contribution is -2.25. The van der Waals surface area contributed by atoms with Crippen LogP contribution in [0.25, 0.3) is 0 Å². The van der Waals surface area contributed by atoms with E-state index in [2.05, 4.69) is 9.97 Å². The van der Waals surface area contributed by atoms with Crippen molar-refractivity contribution >= 4 is 17.5 Å². The second-order valence-electron chi connectivity index (χ2n) is 5.68. The molecule has 2 aromatic rings. The summed E-state index contributed by atoms with van der Waals surface area (Å²) in [4.78, 5) is 43.2. The molecule has 0 saturated heterocycles. The molecule has 7 nitrogen and oxygen atoms in total. The number of methoxy groups -OCH3 is 1. The first-order valence-electron chi connectivity index (χ1n) is 7.71. The van der Waals surface area contributed by atoms with Crippen LogP contribution in [-0.4, -0.2) is 40.7 Å². The van der Waals surface area contributed by atoms with Crippen molar-refractivity contribution in [3.8, 4) is 5.88 Å². The summed E-state index contributed by atoms with van der Waals surface area (Å²) in [6, 6.07) is 3.03. The number of aromatic amines is 1. The van der Waals surface area contributed by atoms with Crippen molar-refractivity contribution in [2.24, 2.45) is 0 Å². The van der Waals surface area contributed by atoms with E-state index >= 15 is 0 Å². The van der Waals surface area contributed by atoms with E-state index in [0.717, 1.165) is 0 Å². The van der Waals surface area contributed by atoms with E-state index in [-0.39, 0.29) is 17.0 Å². The van der Waals surface area contributed by atoms with Gasteiger partial charge in [-0.2, -0.15) is 0 Å². The highest BCUT2D eigenvalue weighted by Crippen LogP contribution is 2.21. The second-order valence-corrected chi connectivity index (χ2v) is 5.68. The van der Waals surface area contributed by atoms with Crippen LogP contribution in [0.1, 0.15) is 56.3 Å². The molecule has 2 heterocycles. The molecule has 0 aliphatic heterocycles. The Kier molecular flexibility index (Phi) is 5.36. The molecule has 1 atom stereocenters. The summed E-state index contributed by atoms with van der Waals surface area (Å²) in [6.07, 6.45) is 0.308. The van der Waals surface area contributed by atoms with Crippen LogP contribution >= 0.6 is 0 Å². The fourth-order valence-corrected chi connectivity index (χ4v) is 2.63. The van der Waals surface area contributed by atoms with Crippen LogP contribution in [0.4, 0.5) is 0 Å². The van der Waals surface area contributed by atoms with Gasteiger partial charge in [-0.15, -0.1) is 0 Å². The Morgan fingerprint density at radius 3 is 2.36 bits per heavy atom. The molecule has 7 heteroatoms. The Hall–Kier alpha value is -2.96. The number of nitrogens with one attached hydrogen (secondary N) is 1. The molecule has 132 valence electrons. The number of carbonyl (C=O) groups is 3. The summed E-state index contributed by atoms with van der Waals surface area (Å²) < 4.78 is 10.1. The van der Waals surface area contributed by atoms with E-state index in [1.807, 2.05) is 0 Å². The number of ether oxygens (including phenoxy) is 2. The van der Waals surface area contributed by atoms with Gasteiger partial charge in [0.2, 0.25) is 11.7 Å². The maximum atomic E-state index is 12.6. The number of esters is 1. The topological polar surface area (TPSA) is 98.4 Å². The third-order valence-electron chi connectivity index (χ3n) is 3.87.